The molecule has 0 aromatic rings. The molecule has 2 heterocycles. The number of urea groups is 1. The van der Waals surface area contributed by atoms with E-state index in [2.05, 4.69) is 10.6 Å². The van der Waals surface area contributed by atoms with Crippen LogP contribution >= 0.6 is 0 Å². The highest BCUT2D eigenvalue weighted by molar-refractivity contribution is 5.85. The summed E-state index contributed by atoms with van der Waals surface area (Å²) in [6.07, 6.45) is 1.56. The van der Waals surface area contributed by atoms with Gasteiger partial charge in [0, 0.05) is 32.2 Å². The van der Waals surface area contributed by atoms with E-state index >= 15 is 0 Å². The summed E-state index contributed by atoms with van der Waals surface area (Å²) >= 11 is 0. The van der Waals surface area contributed by atoms with Crippen LogP contribution in [-0.4, -0.2) is 73.0 Å². The molecule has 0 radical (unpaired) electrons. The Bertz CT molecular complexity index is 393. The fourth-order valence-corrected chi connectivity index (χ4v) is 2.62. The van der Waals surface area contributed by atoms with Crippen molar-refractivity contribution in [3.8, 4) is 0 Å². The van der Waals surface area contributed by atoms with Gasteiger partial charge in [-0.25, -0.2) is 4.79 Å². The van der Waals surface area contributed by atoms with E-state index in [9.17, 15) is 14.4 Å². The Morgan fingerprint density at radius 3 is 2.55 bits per heavy atom. The number of carbonyl (C=O) groups excluding carboxylic acids is 3. The number of rotatable bonds is 4. The zero-order valence-corrected chi connectivity index (χ0v) is 11.4. The summed E-state index contributed by atoms with van der Waals surface area (Å²) in [5.74, 6) is -0.432. The minimum atomic E-state index is -0.332. The molecule has 2 rings (SSSR count). The largest absolute Gasteiger partial charge is 0.346 e. The van der Waals surface area contributed by atoms with Crippen LogP contribution in [0.1, 0.15) is 12.8 Å². The number of amides is 4. The quantitative estimate of drug-likeness (QED) is 0.559. The highest BCUT2D eigenvalue weighted by Gasteiger charge is 2.31. The third-order valence-electron chi connectivity index (χ3n) is 3.77. The second kappa shape index (κ2) is 6.56. The molecule has 0 saturated carbocycles. The van der Waals surface area contributed by atoms with Crippen LogP contribution in [0.2, 0.25) is 0 Å². The van der Waals surface area contributed by atoms with E-state index in [1.54, 1.807) is 4.90 Å². The molecule has 112 valence electrons. The Balaban J connectivity index is 1.74. The van der Waals surface area contributed by atoms with Crippen molar-refractivity contribution in [3.63, 3.8) is 0 Å². The number of hydrogen-bond acceptors (Lipinski definition) is 4. The predicted molar refractivity (Wildman–Crippen MR) is 71.8 cm³/mol. The van der Waals surface area contributed by atoms with Crippen LogP contribution in [0.15, 0.2) is 0 Å². The summed E-state index contributed by atoms with van der Waals surface area (Å²) in [5.41, 5.74) is 5.16. The number of nitrogens with zero attached hydrogens (tertiary/aromatic N) is 2. The standard InChI is InChI=1S/C12H21N5O3/c13-7-10(18)15-8-11(19)16-4-1-9(2-5-16)17-6-3-14-12(17)20/h9H,1-8,13H2,(H,14,20)(H,15,18). The second-order valence-corrected chi connectivity index (χ2v) is 5.02. The number of nitrogens with two attached hydrogens (primary N) is 1. The lowest BCUT2D eigenvalue weighted by Crippen LogP contribution is -2.50. The van der Waals surface area contributed by atoms with E-state index in [0.717, 1.165) is 19.4 Å². The fourth-order valence-electron chi connectivity index (χ4n) is 2.62. The summed E-state index contributed by atoms with van der Waals surface area (Å²) < 4.78 is 0. The van der Waals surface area contributed by atoms with Gasteiger partial charge in [-0.1, -0.05) is 0 Å². The van der Waals surface area contributed by atoms with E-state index in [4.69, 9.17) is 5.73 Å². The first-order chi connectivity index (χ1) is 9.61. The highest BCUT2D eigenvalue weighted by Crippen LogP contribution is 2.18. The van der Waals surface area contributed by atoms with E-state index in [1.807, 2.05) is 4.90 Å². The maximum absolute atomic E-state index is 11.9. The van der Waals surface area contributed by atoms with Crippen LogP contribution in [0.4, 0.5) is 4.79 Å². The van der Waals surface area contributed by atoms with Gasteiger partial charge in [-0.15, -0.1) is 0 Å². The molecule has 8 nitrogen and oxygen atoms in total. The maximum Gasteiger partial charge on any atom is 0.317 e. The molecule has 0 aromatic carbocycles. The van der Waals surface area contributed by atoms with Crippen molar-refractivity contribution >= 4 is 17.8 Å². The summed E-state index contributed by atoms with van der Waals surface area (Å²) in [7, 11) is 0. The number of hydrogen-bond donors (Lipinski definition) is 3. The SMILES string of the molecule is NCC(=O)NCC(=O)N1CCC(N2CCNC2=O)CC1. The molecule has 20 heavy (non-hydrogen) atoms. The molecule has 0 unspecified atom stereocenters. The van der Waals surface area contributed by atoms with Crippen LogP contribution in [0, 0.1) is 0 Å². The first-order valence-electron chi connectivity index (χ1n) is 6.91. The summed E-state index contributed by atoms with van der Waals surface area (Å²) in [6, 6.07) is 0.199. The molecule has 2 saturated heterocycles. The lowest BCUT2D eigenvalue weighted by molar-refractivity contribution is -0.133. The summed E-state index contributed by atoms with van der Waals surface area (Å²) in [4.78, 5) is 38.0. The van der Waals surface area contributed by atoms with Gasteiger partial charge in [0.25, 0.3) is 0 Å². The third kappa shape index (κ3) is 3.38. The molecular formula is C12H21N5O3. The molecule has 2 aliphatic heterocycles. The average molecular weight is 283 g/mol. The Morgan fingerprint density at radius 1 is 1.30 bits per heavy atom. The van der Waals surface area contributed by atoms with Crippen LogP contribution in [-0.2, 0) is 9.59 Å². The Kier molecular flexibility index (Phi) is 4.78. The van der Waals surface area contributed by atoms with Gasteiger partial charge in [0.2, 0.25) is 11.8 Å². The molecule has 2 fully saturated rings. The highest BCUT2D eigenvalue weighted by atomic mass is 16.2. The average Bonchev–Trinajstić information content (AvgIpc) is 2.90. The normalized spacial score (nSPS) is 19.9. The smallest absolute Gasteiger partial charge is 0.317 e. The van der Waals surface area contributed by atoms with Gasteiger partial charge >= 0.3 is 6.03 Å². The lowest BCUT2D eigenvalue weighted by Gasteiger charge is -2.36. The van der Waals surface area contributed by atoms with Gasteiger partial charge in [-0.2, -0.15) is 0 Å². The van der Waals surface area contributed by atoms with Gasteiger partial charge in [0.05, 0.1) is 13.1 Å². The number of piperidine rings is 1. The third-order valence-corrected chi connectivity index (χ3v) is 3.77. The zero-order valence-electron chi connectivity index (χ0n) is 11.4. The molecule has 4 N–H and O–H groups in total. The van der Waals surface area contributed by atoms with Gasteiger partial charge < -0.3 is 26.2 Å². The zero-order chi connectivity index (χ0) is 14.5. The first-order valence-corrected chi connectivity index (χ1v) is 6.91. The van der Waals surface area contributed by atoms with Gasteiger partial charge in [-0.3, -0.25) is 9.59 Å². The lowest BCUT2D eigenvalue weighted by atomic mass is 10.0. The summed E-state index contributed by atoms with van der Waals surface area (Å²) in [6.45, 7) is 2.55. The van der Waals surface area contributed by atoms with Crippen molar-refractivity contribution in [3.05, 3.63) is 0 Å². The molecular weight excluding hydrogens is 262 g/mol. The number of likely N-dealkylation sites (tertiary alicyclic amines) is 1. The number of carbonyl (C=O) groups is 3. The summed E-state index contributed by atoms with van der Waals surface area (Å²) in [5, 5.41) is 5.26. The van der Waals surface area contributed by atoms with Crippen LogP contribution in [0.5, 0.6) is 0 Å². The van der Waals surface area contributed by atoms with Crippen molar-refractivity contribution in [1.82, 2.24) is 20.4 Å². The van der Waals surface area contributed by atoms with Crippen molar-refractivity contribution in [2.45, 2.75) is 18.9 Å². The minimum absolute atomic E-state index is 0.00903. The Morgan fingerprint density at radius 2 is 2.00 bits per heavy atom. The molecule has 0 aliphatic carbocycles. The molecule has 2 aliphatic rings. The van der Waals surface area contributed by atoms with E-state index in [-0.39, 0.29) is 37.0 Å². The maximum atomic E-state index is 11.9. The Labute approximate surface area is 117 Å². The monoisotopic (exact) mass is 283 g/mol. The molecule has 8 heteroatoms. The van der Waals surface area contributed by atoms with Crippen LogP contribution in [0.3, 0.4) is 0 Å². The van der Waals surface area contributed by atoms with Crippen molar-refractivity contribution in [1.29, 1.82) is 0 Å². The first kappa shape index (κ1) is 14.6. The number of nitrogens with one attached hydrogen (secondary N) is 2. The van der Waals surface area contributed by atoms with Crippen molar-refractivity contribution in [2.24, 2.45) is 5.73 Å². The van der Waals surface area contributed by atoms with Crippen molar-refractivity contribution in [2.75, 3.05) is 39.3 Å². The molecule has 0 bridgehead atoms. The van der Waals surface area contributed by atoms with Crippen LogP contribution in [0.25, 0.3) is 0 Å². The van der Waals surface area contributed by atoms with Gasteiger partial charge in [-0.05, 0) is 12.8 Å². The van der Waals surface area contributed by atoms with Gasteiger partial charge in [0.15, 0.2) is 0 Å². The van der Waals surface area contributed by atoms with Gasteiger partial charge in [0.1, 0.15) is 0 Å². The molecule has 0 atom stereocenters. The Hall–Kier alpha value is -1.83. The van der Waals surface area contributed by atoms with Crippen LogP contribution < -0.4 is 16.4 Å². The topological polar surface area (TPSA) is 108 Å². The van der Waals surface area contributed by atoms with E-state index < -0.39 is 0 Å². The molecule has 0 aromatic heterocycles. The van der Waals surface area contributed by atoms with E-state index in [1.165, 1.54) is 0 Å². The molecule has 4 amide bonds. The molecule has 0 spiro atoms. The van der Waals surface area contributed by atoms with Crippen molar-refractivity contribution < 1.29 is 14.4 Å². The fraction of sp³-hybridized carbons (Fsp3) is 0.750. The second-order valence-electron chi connectivity index (χ2n) is 5.02. The van der Waals surface area contributed by atoms with E-state index in [0.29, 0.717) is 19.6 Å². The minimum Gasteiger partial charge on any atom is -0.346 e. The predicted octanol–water partition coefficient (Wildman–Crippen LogP) is -1.92.